The van der Waals surface area contributed by atoms with Crippen LogP contribution in [0.3, 0.4) is 0 Å². The number of aromatic nitrogens is 1. The van der Waals surface area contributed by atoms with Gasteiger partial charge in [-0.3, -0.25) is 4.98 Å². The van der Waals surface area contributed by atoms with Crippen LogP contribution in [-0.4, -0.2) is 16.8 Å². The predicted octanol–water partition coefficient (Wildman–Crippen LogP) is 3.20. The van der Waals surface area contributed by atoms with Gasteiger partial charge in [0.25, 0.3) is 0 Å². The first kappa shape index (κ1) is 12.7. The second kappa shape index (κ2) is 5.76. The van der Waals surface area contributed by atoms with Gasteiger partial charge in [-0.1, -0.05) is 24.3 Å². The largest absolute Gasteiger partial charge is 0.310 e. The zero-order valence-corrected chi connectivity index (χ0v) is 11.9. The first-order chi connectivity index (χ1) is 9.33. The number of aryl methyl sites for hydroxylation is 1. The van der Waals surface area contributed by atoms with Crippen LogP contribution in [0.4, 0.5) is 0 Å². The molecule has 2 aromatic rings. The topological polar surface area (TPSA) is 24.9 Å². The molecule has 1 N–H and O–H groups in total. The summed E-state index contributed by atoms with van der Waals surface area (Å²) in [6.07, 6.45) is 3.04. The van der Waals surface area contributed by atoms with Crippen molar-refractivity contribution in [2.45, 2.75) is 30.0 Å². The Kier molecular flexibility index (Phi) is 3.85. The summed E-state index contributed by atoms with van der Waals surface area (Å²) in [5, 5.41) is 4.19. The number of hydrogen-bond acceptors (Lipinski definition) is 3. The molecule has 0 aliphatic carbocycles. The Bertz CT molecular complexity index is 543. The lowest BCUT2D eigenvalue weighted by Gasteiger charge is -2.10. The van der Waals surface area contributed by atoms with Crippen molar-refractivity contribution in [3.05, 3.63) is 59.4 Å². The maximum atomic E-state index is 4.41. The molecule has 1 aliphatic heterocycles. The monoisotopic (exact) mass is 270 g/mol. The third-order valence-corrected chi connectivity index (χ3v) is 4.82. The molecular weight excluding hydrogens is 252 g/mol. The number of thioether (sulfide) groups is 1. The average Bonchev–Trinajstić information content (AvgIpc) is 2.83. The maximum Gasteiger partial charge on any atom is 0.0570 e. The highest BCUT2D eigenvalue weighted by Crippen LogP contribution is 2.36. The van der Waals surface area contributed by atoms with Gasteiger partial charge in [-0.25, -0.2) is 0 Å². The fourth-order valence-corrected chi connectivity index (χ4v) is 3.71. The van der Waals surface area contributed by atoms with Crippen molar-refractivity contribution in [3.8, 4) is 0 Å². The van der Waals surface area contributed by atoms with Crippen LogP contribution in [-0.2, 0) is 13.0 Å². The van der Waals surface area contributed by atoms with Crippen LogP contribution in [0.2, 0.25) is 0 Å². The Hall–Kier alpha value is -1.32. The minimum Gasteiger partial charge on any atom is -0.310 e. The van der Waals surface area contributed by atoms with Crippen molar-refractivity contribution in [2.75, 3.05) is 6.54 Å². The van der Waals surface area contributed by atoms with Gasteiger partial charge in [-0.2, -0.15) is 0 Å². The molecule has 1 unspecified atom stereocenters. The van der Waals surface area contributed by atoms with Crippen LogP contribution in [0.25, 0.3) is 0 Å². The van der Waals surface area contributed by atoms with Gasteiger partial charge in [0.15, 0.2) is 0 Å². The Labute approximate surface area is 118 Å². The zero-order valence-electron chi connectivity index (χ0n) is 11.1. The Morgan fingerprint density at radius 2 is 2.16 bits per heavy atom. The first-order valence-electron chi connectivity index (χ1n) is 6.69. The fraction of sp³-hybridized carbons (Fsp3) is 0.312. The standard InChI is InChI=1S/C16H18N2S/c1-12-5-4-8-18-15(12)11-17-10-14-9-13-6-2-3-7-16(13)19-14/h2-8,14,17H,9-11H2,1H3. The quantitative estimate of drug-likeness (QED) is 0.923. The van der Waals surface area contributed by atoms with Gasteiger partial charge < -0.3 is 5.32 Å². The van der Waals surface area contributed by atoms with Crippen molar-refractivity contribution < 1.29 is 0 Å². The molecule has 19 heavy (non-hydrogen) atoms. The lowest BCUT2D eigenvalue weighted by atomic mass is 10.1. The van der Waals surface area contributed by atoms with E-state index < -0.39 is 0 Å². The fourth-order valence-electron chi connectivity index (χ4n) is 2.42. The number of hydrogen-bond donors (Lipinski definition) is 1. The first-order valence-corrected chi connectivity index (χ1v) is 7.56. The van der Waals surface area contributed by atoms with Crippen LogP contribution in [0.15, 0.2) is 47.5 Å². The number of pyridine rings is 1. The molecule has 0 radical (unpaired) electrons. The van der Waals surface area contributed by atoms with Crippen LogP contribution in [0.1, 0.15) is 16.8 Å². The molecule has 0 fully saturated rings. The molecule has 0 saturated heterocycles. The Balaban J connectivity index is 1.51. The molecular formula is C16H18N2S. The van der Waals surface area contributed by atoms with E-state index in [0.717, 1.165) is 18.8 Å². The molecule has 1 atom stereocenters. The lowest BCUT2D eigenvalue weighted by molar-refractivity contribution is 0.653. The summed E-state index contributed by atoms with van der Waals surface area (Å²) in [4.78, 5) is 5.86. The van der Waals surface area contributed by atoms with E-state index in [0.29, 0.717) is 5.25 Å². The highest BCUT2D eigenvalue weighted by molar-refractivity contribution is 8.00. The van der Waals surface area contributed by atoms with Crippen molar-refractivity contribution in [1.29, 1.82) is 0 Å². The molecule has 0 bridgehead atoms. The predicted molar refractivity (Wildman–Crippen MR) is 80.5 cm³/mol. The molecule has 1 aliphatic rings. The van der Waals surface area contributed by atoms with Crippen LogP contribution >= 0.6 is 11.8 Å². The van der Waals surface area contributed by atoms with Gasteiger partial charge in [-0.15, -0.1) is 11.8 Å². The molecule has 1 aromatic carbocycles. The van der Waals surface area contributed by atoms with Crippen molar-refractivity contribution in [3.63, 3.8) is 0 Å². The van der Waals surface area contributed by atoms with Gasteiger partial charge in [0.1, 0.15) is 0 Å². The van der Waals surface area contributed by atoms with Gasteiger partial charge >= 0.3 is 0 Å². The van der Waals surface area contributed by atoms with Crippen molar-refractivity contribution in [2.24, 2.45) is 0 Å². The van der Waals surface area contributed by atoms with Gasteiger partial charge in [0, 0.05) is 29.4 Å². The number of nitrogens with zero attached hydrogens (tertiary/aromatic N) is 1. The van der Waals surface area contributed by atoms with E-state index in [-0.39, 0.29) is 0 Å². The van der Waals surface area contributed by atoms with Gasteiger partial charge in [-0.05, 0) is 36.6 Å². The molecule has 3 heteroatoms. The minimum absolute atomic E-state index is 0.654. The molecule has 1 aromatic heterocycles. The van der Waals surface area contributed by atoms with Gasteiger partial charge in [0.2, 0.25) is 0 Å². The summed E-state index contributed by atoms with van der Waals surface area (Å²) < 4.78 is 0. The number of nitrogens with one attached hydrogen (secondary N) is 1. The lowest BCUT2D eigenvalue weighted by Crippen LogP contribution is -2.24. The second-order valence-electron chi connectivity index (χ2n) is 4.95. The summed E-state index contributed by atoms with van der Waals surface area (Å²) in [5.74, 6) is 0. The van der Waals surface area contributed by atoms with E-state index in [4.69, 9.17) is 0 Å². The van der Waals surface area contributed by atoms with E-state index in [9.17, 15) is 0 Å². The SMILES string of the molecule is Cc1cccnc1CNCC1Cc2ccccc2S1. The molecule has 0 spiro atoms. The summed E-state index contributed by atoms with van der Waals surface area (Å²) in [6.45, 7) is 4.01. The van der Waals surface area contributed by atoms with Crippen molar-refractivity contribution in [1.82, 2.24) is 10.3 Å². The van der Waals surface area contributed by atoms with Crippen LogP contribution in [0, 0.1) is 6.92 Å². The molecule has 2 heterocycles. The number of rotatable bonds is 4. The van der Waals surface area contributed by atoms with Crippen LogP contribution < -0.4 is 5.32 Å². The second-order valence-corrected chi connectivity index (χ2v) is 6.29. The zero-order chi connectivity index (χ0) is 13.1. The van der Waals surface area contributed by atoms with Crippen molar-refractivity contribution >= 4 is 11.8 Å². The average molecular weight is 270 g/mol. The minimum atomic E-state index is 0.654. The normalized spacial score (nSPS) is 17.4. The van der Waals surface area contributed by atoms with Gasteiger partial charge in [0.05, 0.1) is 5.69 Å². The smallest absolute Gasteiger partial charge is 0.0570 e. The third-order valence-electron chi connectivity index (χ3n) is 3.50. The highest BCUT2D eigenvalue weighted by atomic mass is 32.2. The molecule has 98 valence electrons. The number of fused-ring (bicyclic) bond motifs is 1. The third kappa shape index (κ3) is 2.99. The van der Waals surface area contributed by atoms with E-state index in [1.165, 1.54) is 22.4 Å². The number of benzene rings is 1. The van der Waals surface area contributed by atoms with E-state index in [1.807, 2.05) is 24.0 Å². The molecule has 0 amide bonds. The van der Waals surface area contributed by atoms with Crippen LogP contribution in [0.5, 0.6) is 0 Å². The summed E-state index contributed by atoms with van der Waals surface area (Å²) >= 11 is 1.99. The molecule has 3 rings (SSSR count). The highest BCUT2D eigenvalue weighted by Gasteiger charge is 2.21. The summed E-state index contributed by atoms with van der Waals surface area (Å²) in [6, 6.07) is 12.8. The van der Waals surface area contributed by atoms with E-state index >= 15 is 0 Å². The molecule has 0 saturated carbocycles. The maximum absolute atomic E-state index is 4.41. The Morgan fingerprint density at radius 3 is 3.00 bits per heavy atom. The van der Waals surface area contributed by atoms with E-state index in [2.05, 4.69) is 47.6 Å². The van der Waals surface area contributed by atoms with E-state index in [1.54, 1.807) is 0 Å². The Morgan fingerprint density at radius 1 is 1.26 bits per heavy atom. The summed E-state index contributed by atoms with van der Waals surface area (Å²) in [7, 11) is 0. The molecule has 2 nitrogen and oxygen atoms in total. The summed E-state index contributed by atoms with van der Waals surface area (Å²) in [5.41, 5.74) is 3.91.